The average molecular weight is 407 g/mol. The maximum atomic E-state index is 13.0. The second kappa shape index (κ2) is 7.40. The van der Waals surface area contributed by atoms with Crippen LogP contribution in [0.15, 0.2) is 22.6 Å². The second-order valence-corrected chi connectivity index (χ2v) is 9.76. The molecule has 1 atom stereocenters. The van der Waals surface area contributed by atoms with E-state index in [9.17, 15) is 13.2 Å². The van der Waals surface area contributed by atoms with Gasteiger partial charge in [0.15, 0.2) is 15.6 Å². The third-order valence-electron chi connectivity index (χ3n) is 5.74. The van der Waals surface area contributed by atoms with Crippen LogP contribution in [0, 0.1) is 6.92 Å². The minimum Gasteiger partial charge on any atom is -0.494 e. The fraction of sp³-hybridized carbons (Fsp3) is 0.550. The first-order chi connectivity index (χ1) is 13.4. The summed E-state index contributed by atoms with van der Waals surface area (Å²) in [7, 11) is -2.89. The first-order valence-corrected chi connectivity index (χ1v) is 11.6. The zero-order valence-corrected chi connectivity index (χ0v) is 17.1. The molecule has 0 bridgehead atoms. The Hall–Kier alpha value is -2.06. The van der Waals surface area contributed by atoms with Crippen LogP contribution in [0.2, 0.25) is 0 Å². The van der Waals surface area contributed by atoms with E-state index >= 15 is 0 Å². The van der Waals surface area contributed by atoms with Gasteiger partial charge in [-0.05, 0) is 38.5 Å². The fourth-order valence-corrected chi connectivity index (χ4v) is 5.92. The lowest BCUT2D eigenvalue weighted by molar-refractivity contribution is 0.0560. The van der Waals surface area contributed by atoms with Gasteiger partial charge in [-0.25, -0.2) is 8.42 Å². The number of nitrogens with zero attached hydrogens (tertiary/aromatic N) is 2. The monoisotopic (exact) mass is 406 g/mol. The number of ether oxygens (including phenoxy) is 1. The van der Waals surface area contributed by atoms with E-state index in [-0.39, 0.29) is 23.5 Å². The van der Waals surface area contributed by atoms with Crippen LogP contribution in [0.4, 0.5) is 0 Å². The lowest BCUT2D eigenvalue weighted by Crippen LogP contribution is -2.52. The van der Waals surface area contributed by atoms with Gasteiger partial charge in [0.1, 0.15) is 11.3 Å². The fourth-order valence-electron chi connectivity index (χ4n) is 4.16. The molecule has 28 heavy (non-hydrogen) atoms. The molecule has 2 aliphatic rings. The van der Waals surface area contributed by atoms with Crippen LogP contribution >= 0.6 is 0 Å². The third-order valence-corrected chi connectivity index (χ3v) is 7.49. The Kier molecular flexibility index (Phi) is 5.09. The summed E-state index contributed by atoms with van der Waals surface area (Å²) in [5.41, 5.74) is 1.50. The van der Waals surface area contributed by atoms with E-state index in [2.05, 4.69) is 4.90 Å². The summed E-state index contributed by atoms with van der Waals surface area (Å²) in [6, 6.07) is 5.68. The van der Waals surface area contributed by atoms with E-state index in [1.807, 2.05) is 32.0 Å². The van der Waals surface area contributed by atoms with Gasteiger partial charge in [0.25, 0.3) is 5.91 Å². The summed E-state index contributed by atoms with van der Waals surface area (Å²) in [4.78, 5) is 17.0. The van der Waals surface area contributed by atoms with Gasteiger partial charge in [0.2, 0.25) is 0 Å². The molecule has 8 heteroatoms. The summed E-state index contributed by atoms with van der Waals surface area (Å²) in [5, 5.41) is 0.893. The highest BCUT2D eigenvalue weighted by molar-refractivity contribution is 7.91. The maximum Gasteiger partial charge on any atom is 0.289 e. The Bertz CT molecular complexity index is 989. The number of furan rings is 1. The topological polar surface area (TPSA) is 80.1 Å². The lowest BCUT2D eigenvalue weighted by Gasteiger charge is -2.37. The van der Waals surface area contributed by atoms with Crippen LogP contribution in [0.5, 0.6) is 5.75 Å². The van der Waals surface area contributed by atoms with Crippen molar-refractivity contribution in [2.45, 2.75) is 26.3 Å². The van der Waals surface area contributed by atoms with Gasteiger partial charge in [0.05, 0.1) is 18.1 Å². The number of carbonyl (C=O) groups is 1. The molecule has 0 unspecified atom stereocenters. The Morgan fingerprint density at radius 3 is 2.64 bits per heavy atom. The summed E-state index contributed by atoms with van der Waals surface area (Å²) in [6.07, 6.45) is 0.696. The van der Waals surface area contributed by atoms with Gasteiger partial charge in [0, 0.05) is 43.2 Å². The predicted octanol–water partition coefficient (Wildman–Crippen LogP) is 2.08. The van der Waals surface area contributed by atoms with E-state index in [0.29, 0.717) is 50.5 Å². The van der Waals surface area contributed by atoms with Gasteiger partial charge < -0.3 is 14.1 Å². The molecule has 2 saturated heterocycles. The van der Waals surface area contributed by atoms with Crippen molar-refractivity contribution in [1.29, 1.82) is 0 Å². The number of aryl methyl sites for hydroxylation is 1. The number of piperazine rings is 1. The molecule has 2 fully saturated rings. The van der Waals surface area contributed by atoms with E-state index < -0.39 is 9.84 Å². The summed E-state index contributed by atoms with van der Waals surface area (Å²) < 4.78 is 34.8. The van der Waals surface area contributed by atoms with E-state index in [0.717, 1.165) is 16.7 Å². The molecule has 2 aromatic rings. The molecular weight excluding hydrogens is 380 g/mol. The highest BCUT2D eigenvalue weighted by atomic mass is 32.2. The lowest BCUT2D eigenvalue weighted by atomic mass is 10.1. The molecule has 7 nitrogen and oxygen atoms in total. The van der Waals surface area contributed by atoms with Crippen molar-refractivity contribution in [2.24, 2.45) is 0 Å². The number of benzene rings is 1. The van der Waals surface area contributed by atoms with Crippen LogP contribution < -0.4 is 4.74 Å². The molecule has 1 aromatic heterocycles. The maximum absolute atomic E-state index is 13.0. The second-order valence-electron chi connectivity index (χ2n) is 7.53. The van der Waals surface area contributed by atoms with Crippen molar-refractivity contribution in [3.8, 4) is 5.75 Å². The molecule has 0 N–H and O–H groups in total. The van der Waals surface area contributed by atoms with Crippen molar-refractivity contribution in [3.05, 3.63) is 29.5 Å². The van der Waals surface area contributed by atoms with Crippen molar-refractivity contribution < 1.29 is 22.4 Å². The molecule has 1 aromatic carbocycles. The highest BCUT2D eigenvalue weighted by Gasteiger charge is 2.35. The molecule has 0 aliphatic carbocycles. The molecule has 0 saturated carbocycles. The van der Waals surface area contributed by atoms with Crippen LogP contribution in [0.3, 0.4) is 0 Å². The first-order valence-electron chi connectivity index (χ1n) is 9.77. The number of rotatable bonds is 4. The first kappa shape index (κ1) is 19.3. The minimum absolute atomic E-state index is 0.0900. The predicted molar refractivity (Wildman–Crippen MR) is 107 cm³/mol. The number of sulfone groups is 1. The quantitative estimate of drug-likeness (QED) is 0.774. The Labute approximate surface area is 165 Å². The van der Waals surface area contributed by atoms with Crippen LogP contribution in [-0.4, -0.2) is 74.5 Å². The average Bonchev–Trinajstić information content (AvgIpc) is 3.21. The third kappa shape index (κ3) is 3.63. The number of fused-ring (bicyclic) bond motifs is 1. The van der Waals surface area contributed by atoms with Gasteiger partial charge in [-0.15, -0.1) is 0 Å². The van der Waals surface area contributed by atoms with Crippen molar-refractivity contribution >= 4 is 26.7 Å². The normalized spacial score (nSPS) is 22.6. The zero-order chi connectivity index (χ0) is 19.9. The largest absolute Gasteiger partial charge is 0.494 e. The zero-order valence-electron chi connectivity index (χ0n) is 16.3. The number of amides is 1. The Balaban J connectivity index is 1.46. The Morgan fingerprint density at radius 2 is 2.00 bits per heavy atom. The van der Waals surface area contributed by atoms with Crippen LogP contribution in [0.25, 0.3) is 11.0 Å². The summed E-state index contributed by atoms with van der Waals surface area (Å²) in [5.74, 6) is 1.55. The molecule has 4 rings (SSSR count). The minimum atomic E-state index is -2.89. The molecule has 2 aliphatic heterocycles. The van der Waals surface area contributed by atoms with Crippen molar-refractivity contribution in [2.75, 3.05) is 44.3 Å². The van der Waals surface area contributed by atoms with Crippen molar-refractivity contribution in [3.63, 3.8) is 0 Å². The standard InChI is InChI=1S/C20H26N2O5S/c1-3-26-16-4-5-18-17(12-16)14(2)19(27-18)20(23)22-9-7-21(8-10-22)15-6-11-28(24,25)13-15/h4-5,12,15H,3,6-11,13H2,1-2H3/t15-/m0/s1. The molecule has 3 heterocycles. The van der Waals surface area contributed by atoms with Crippen LogP contribution in [-0.2, 0) is 9.84 Å². The van der Waals surface area contributed by atoms with Crippen molar-refractivity contribution in [1.82, 2.24) is 9.80 Å². The van der Waals surface area contributed by atoms with Gasteiger partial charge in [-0.2, -0.15) is 0 Å². The molecule has 0 radical (unpaired) electrons. The smallest absolute Gasteiger partial charge is 0.289 e. The Morgan fingerprint density at radius 1 is 1.25 bits per heavy atom. The van der Waals surface area contributed by atoms with Gasteiger partial charge in [-0.1, -0.05) is 0 Å². The van der Waals surface area contributed by atoms with E-state index in [1.54, 1.807) is 4.90 Å². The highest BCUT2D eigenvalue weighted by Crippen LogP contribution is 2.30. The number of hydrogen-bond donors (Lipinski definition) is 0. The summed E-state index contributed by atoms with van der Waals surface area (Å²) >= 11 is 0. The SMILES string of the molecule is CCOc1ccc2oc(C(=O)N3CCN([C@H]4CCS(=O)(=O)C4)CC3)c(C)c2c1. The number of carbonyl (C=O) groups excluding carboxylic acids is 1. The van der Waals surface area contributed by atoms with Gasteiger partial charge in [-0.3, -0.25) is 9.69 Å². The van der Waals surface area contributed by atoms with E-state index in [4.69, 9.17) is 9.15 Å². The van der Waals surface area contributed by atoms with E-state index in [1.165, 1.54) is 0 Å². The van der Waals surface area contributed by atoms with Crippen LogP contribution in [0.1, 0.15) is 29.5 Å². The molecular formula is C20H26N2O5S. The number of hydrogen-bond acceptors (Lipinski definition) is 6. The summed E-state index contributed by atoms with van der Waals surface area (Å²) in [6.45, 7) is 6.96. The molecule has 0 spiro atoms. The van der Waals surface area contributed by atoms with Gasteiger partial charge >= 0.3 is 0 Å². The molecule has 1 amide bonds. The molecule has 152 valence electrons.